The fraction of sp³-hybridized carbons (Fsp3) is 0.533. The molecule has 0 aliphatic rings. The molecule has 1 aromatic carbocycles. The summed E-state index contributed by atoms with van der Waals surface area (Å²) in [6.45, 7) is 8.19. The minimum atomic E-state index is -0.0684. The van der Waals surface area contributed by atoms with Gasteiger partial charge in [-0.05, 0) is 30.4 Å². The Labute approximate surface area is 109 Å². The molecule has 0 spiro atoms. The zero-order valence-corrected chi connectivity index (χ0v) is 11.7. The van der Waals surface area contributed by atoms with Gasteiger partial charge in [0.25, 0.3) is 5.91 Å². The van der Waals surface area contributed by atoms with Gasteiger partial charge in [0.2, 0.25) is 0 Å². The predicted molar refractivity (Wildman–Crippen MR) is 73.6 cm³/mol. The van der Waals surface area contributed by atoms with E-state index < -0.39 is 0 Å². The minimum Gasteiger partial charge on any atom is -0.396 e. The molecule has 0 heterocycles. The molecule has 0 aliphatic carbocycles. The van der Waals surface area contributed by atoms with Crippen molar-refractivity contribution < 1.29 is 9.90 Å². The Morgan fingerprint density at radius 3 is 2.44 bits per heavy atom. The van der Waals surface area contributed by atoms with Gasteiger partial charge in [-0.1, -0.05) is 39.0 Å². The minimum absolute atomic E-state index is 0.0328. The molecule has 3 heteroatoms. The number of hydrogen-bond donors (Lipinski definition) is 2. The van der Waals surface area contributed by atoms with Crippen molar-refractivity contribution in [2.45, 2.75) is 40.2 Å². The Bertz CT molecular complexity index is 407. The van der Waals surface area contributed by atoms with E-state index in [0.29, 0.717) is 12.0 Å². The Hall–Kier alpha value is -1.35. The van der Waals surface area contributed by atoms with E-state index in [4.69, 9.17) is 5.11 Å². The van der Waals surface area contributed by atoms with E-state index >= 15 is 0 Å². The van der Waals surface area contributed by atoms with E-state index in [9.17, 15) is 4.79 Å². The first-order chi connectivity index (χ1) is 8.36. The largest absolute Gasteiger partial charge is 0.396 e. The standard InChI is InChI=1S/C15H23NO2/c1-11-7-5-6-8-12(11)14(18)16-13(9-10-17)15(2,3)4/h5-8,13,17H,9-10H2,1-4H3,(H,16,18)/t13-/m0/s1. The molecule has 0 aliphatic heterocycles. The lowest BCUT2D eigenvalue weighted by Gasteiger charge is -2.31. The summed E-state index contributed by atoms with van der Waals surface area (Å²) < 4.78 is 0. The van der Waals surface area contributed by atoms with Crippen molar-refractivity contribution in [3.8, 4) is 0 Å². The molecule has 0 saturated heterocycles. The van der Waals surface area contributed by atoms with Crippen LogP contribution in [0.2, 0.25) is 0 Å². The van der Waals surface area contributed by atoms with Gasteiger partial charge in [-0.2, -0.15) is 0 Å². The van der Waals surface area contributed by atoms with E-state index in [1.165, 1.54) is 0 Å². The third-order valence-corrected chi connectivity index (χ3v) is 3.16. The van der Waals surface area contributed by atoms with E-state index in [-0.39, 0.29) is 24.0 Å². The Morgan fingerprint density at radius 2 is 1.94 bits per heavy atom. The van der Waals surface area contributed by atoms with Crippen LogP contribution in [-0.2, 0) is 0 Å². The lowest BCUT2D eigenvalue weighted by atomic mass is 9.84. The molecule has 0 saturated carbocycles. The van der Waals surface area contributed by atoms with Crippen molar-refractivity contribution in [2.75, 3.05) is 6.61 Å². The maximum Gasteiger partial charge on any atom is 0.251 e. The first kappa shape index (κ1) is 14.7. The van der Waals surface area contributed by atoms with Gasteiger partial charge < -0.3 is 10.4 Å². The van der Waals surface area contributed by atoms with Crippen LogP contribution >= 0.6 is 0 Å². The Balaban J connectivity index is 2.82. The van der Waals surface area contributed by atoms with Crippen molar-refractivity contribution >= 4 is 5.91 Å². The number of aryl methyl sites for hydroxylation is 1. The van der Waals surface area contributed by atoms with Gasteiger partial charge in [0.15, 0.2) is 0 Å². The van der Waals surface area contributed by atoms with Crippen molar-refractivity contribution in [1.29, 1.82) is 0 Å². The fourth-order valence-electron chi connectivity index (χ4n) is 1.91. The van der Waals surface area contributed by atoms with Gasteiger partial charge >= 0.3 is 0 Å². The molecule has 2 N–H and O–H groups in total. The average molecular weight is 249 g/mol. The highest BCUT2D eigenvalue weighted by atomic mass is 16.3. The zero-order valence-electron chi connectivity index (χ0n) is 11.7. The molecular weight excluding hydrogens is 226 g/mol. The molecule has 18 heavy (non-hydrogen) atoms. The quantitative estimate of drug-likeness (QED) is 0.861. The molecule has 100 valence electrons. The highest BCUT2D eigenvalue weighted by Crippen LogP contribution is 2.22. The predicted octanol–water partition coefficient (Wildman–Crippen LogP) is 2.52. The van der Waals surface area contributed by atoms with Crippen LogP contribution in [0.15, 0.2) is 24.3 Å². The maximum atomic E-state index is 12.2. The van der Waals surface area contributed by atoms with Crippen LogP contribution < -0.4 is 5.32 Å². The normalized spacial score (nSPS) is 13.2. The number of benzene rings is 1. The molecule has 0 unspecified atom stereocenters. The number of amides is 1. The van der Waals surface area contributed by atoms with Crippen molar-refractivity contribution in [1.82, 2.24) is 5.32 Å². The molecule has 1 atom stereocenters. The number of aliphatic hydroxyl groups is 1. The van der Waals surface area contributed by atoms with Crippen LogP contribution in [0, 0.1) is 12.3 Å². The van der Waals surface area contributed by atoms with Gasteiger partial charge in [0.05, 0.1) is 0 Å². The van der Waals surface area contributed by atoms with E-state index in [1.54, 1.807) is 0 Å². The Kier molecular flexibility index (Phi) is 4.91. The number of hydrogen-bond acceptors (Lipinski definition) is 2. The second-order valence-electron chi connectivity index (χ2n) is 5.72. The molecule has 0 radical (unpaired) electrons. The number of nitrogens with one attached hydrogen (secondary N) is 1. The number of rotatable bonds is 4. The smallest absolute Gasteiger partial charge is 0.251 e. The van der Waals surface area contributed by atoms with Crippen LogP contribution in [0.1, 0.15) is 43.1 Å². The summed E-state index contributed by atoms with van der Waals surface area (Å²) in [4.78, 5) is 12.2. The van der Waals surface area contributed by atoms with Crippen molar-refractivity contribution in [3.05, 3.63) is 35.4 Å². The zero-order chi connectivity index (χ0) is 13.8. The molecular formula is C15H23NO2. The van der Waals surface area contributed by atoms with Crippen LogP contribution in [0.3, 0.4) is 0 Å². The van der Waals surface area contributed by atoms with Gasteiger partial charge in [-0.15, -0.1) is 0 Å². The first-order valence-electron chi connectivity index (χ1n) is 6.33. The van der Waals surface area contributed by atoms with Crippen molar-refractivity contribution in [3.63, 3.8) is 0 Å². The highest BCUT2D eigenvalue weighted by molar-refractivity contribution is 5.95. The molecule has 3 nitrogen and oxygen atoms in total. The van der Waals surface area contributed by atoms with E-state index in [1.807, 2.05) is 31.2 Å². The molecule has 1 amide bonds. The summed E-state index contributed by atoms with van der Waals surface area (Å²) in [5.74, 6) is -0.0681. The van der Waals surface area contributed by atoms with Gasteiger partial charge in [0.1, 0.15) is 0 Å². The van der Waals surface area contributed by atoms with Crippen LogP contribution in [0.4, 0.5) is 0 Å². The lowest BCUT2D eigenvalue weighted by Crippen LogP contribution is -2.44. The Morgan fingerprint density at radius 1 is 1.33 bits per heavy atom. The number of carbonyl (C=O) groups is 1. The van der Waals surface area contributed by atoms with E-state index in [2.05, 4.69) is 26.1 Å². The van der Waals surface area contributed by atoms with Crippen molar-refractivity contribution in [2.24, 2.45) is 5.41 Å². The molecule has 1 rings (SSSR count). The molecule has 0 bridgehead atoms. The summed E-state index contributed by atoms with van der Waals surface area (Å²) >= 11 is 0. The topological polar surface area (TPSA) is 49.3 Å². The third kappa shape index (κ3) is 3.84. The summed E-state index contributed by atoms with van der Waals surface area (Å²) in [6.07, 6.45) is 0.571. The van der Waals surface area contributed by atoms with Crippen LogP contribution in [0.25, 0.3) is 0 Å². The van der Waals surface area contributed by atoms with Gasteiger partial charge in [0, 0.05) is 18.2 Å². The number of aliphatic hydroxyl groups excluding tert-OH is 1. The van der Waals surface area contributed by atoms with Gasteiger partial charge in [-0.25, -0.2) is 0 Å². The highest BCUT2D eigenvalue weighted by Gasteiger charge is 2.26. The fourth-order valence-corrected chi connectivity index (χ4v) is 1.91. The summed E-state index contributed by atoms with van der Waals surface area (Å²) in [5.41, 5.74) is 1.59. The first-order valence-corrected chi connectivity index (χ1v) is 6.33. The van der Waals surface area contributed by atoms with Crippen LogP contribution in [-0.4, -0.2) is 23.7 Å². The lowest BCUT2D eigenvalue weighted by molar-refractivity contribution is 0.0884. The number of carbonyl (C=O) groups excluding carboxylic acids is 1. The summed E-state index contributed by atoms with van der Waals surface area (Å²) in [6, 6.07) is 7.49. The SMILES string of the molecule is Cc1ccccc1C(=O)N[C@@H](CCO)C(C)(C)C. The van der Waals surface area contributed by atoms with Gasteiger partial charge in [-0.3, -0.25) is 4.79 Å². The summed E-state index contributed by atoms with van der Waals surface area (Å²) in [7, 11) is 0. The monoisotopic (exact) mass is 249 g/mol. The molecule has 1 aromatic rings. The second kappa shape index (κ2) is 6.01. The van der Waals surface area contributed by atoms with Crippen LogP contribution in [0.5, 0.6) is 0 Å². The molecule has 0 fully saturated rings. The average Bonchev–Trinajstić information content (AvgIpc) is 2.27. The molecule has 0 aromatic heterocycles. The second-order valence-corrected chi connectivity index (χ2v) is 5.72. The maximum absolute atomic E-state index is 12.2. The summed E-state index contributed by atoms with van der Waals surface area (Å²) in [5, 5.41) is 12.1. The third-order valence-electron chi connectivity index (χ3n) is 3.16. The van der Waals surface area contributed by atoms with E-state index in [0.717, 1.165) is 5.56 Å².